The summed E-state index contributed by atoms with van der Waals surface area (Å²) in [6, 6.07) is 4.07. The van der Waals surface area contributed by atoms with Crippen molar-refractivity contribution in [3.8, 4) is 0 Å². The summed E-state index contributed by atoms with van der Waals surface area (Å²) >= 11 is 14.0. The van der Waals surface area contributed by atoms with E-state index in [1.807, 2.05) is 19.9 Å². The number of fused-ring (bicyclic) bond motifs is 5. The summed E-state index contributed by atoms with van der Waals surface area (Å²) in [7, 11) is 0. The van der Waals surface area contributed by atoms with Gasteiger partial charge in [-0.15, -0.1) is 11.3 Å². The number of rotatable bonds is 0. The molecule has 4 rings (SSSR count). The molecule has 0 spiro atoms. The lowest BCUT2D eigenvalue weighted by molar-refractivity contribution is 0.858. The molecule has 2 nitrogen and oxygen atoms in total. The van der Waals surface area contributed by atoms with Crippen molar-refractivity contribution in [2.45, 2.75) is 33.1 Å². The Morgan fingerprint density at radius 2 is 1.91 bits per heavy atom. The Labute approximate surface area is 143 Å². The Hall–Kier alpha value is -1.16. The molecule has 0 unspecified atom stereocenters. The van der Waals surface area contributed by atoms with Crippen molar-refractivity contribution < 1.29 is 0 Å². The molecule has 0 amide bonds. The van der Waals surface area contributed by atoms with Crippen LogP contribution < -0.4 is 0 Å². The molecule has 0 fully saturated rings. The Balaban J connectivity index is 0.000000693. The first-order valence-electron chi connectivity index (χ1n) is 7.48. The molecule has 22 heavy (non-hydrogen) atoms. The van der Waals surface area contributed by atoms with Crippen molar-refractivity contribution in [3.05, 3.63) is 39.1 Å². The predicted octanol–water partition coefficient (Wildman–Crippen LogP) is 6.53. The summed E-state index contributed by atoms with van der Waals surface area (Å²) in [6.45, 7) is 4.00. The molecule has 0 atom stereocenters. The zero-order valence-electron chi connectivity index (χ0n) is 12.5. The van der Waals surface area contributed by atoms with E-state index in [4.69, 9.17) is 23.2 Å². The van der Waals surface area contributed by atoms with Crippen LogP contribution in [0, 0.1) is 0 Å². The fraction of sp³-hybridized carbons (Fsp3) is 0.294. The number of aryl methyl sites for hydroxylation is 1. The largest absolute Gasteiger partial charge is 0.224 e. The second-order valence-corrected chi connectivity index (χ2v) is 6.64. The average molecular weight is 351 g/mol. The van der Waals surface area contributed by atoms with Crippen molar-refractivity contribution in [3.63, 3.8) is 0 Å². The highest BCUT2D eigenvalue weighted by molar-refractivity contribution is 7.20. The molecule has 0 saturated carbocycles. The van der Waals surface area contributed by atoms with Gasteiger partial charge in [0.2, 0.25) is 5.28 Å². The molecule has 0 aliphatic heterocycles. The Bertz CT molecular complexity index is 868. The van der Waals surface area contributed by atoms with Crippen molar-refractivity contribution in [1.82, 2.24) is 9.97 Å². The molecule has 2 aromatic heterocycles. The maximum atomic E-state index is 6.33. The van der Waals surface area contributed by atoms with Gasteiger partial charge in [0.25, 0.3) is 0 Å². The second kappa shape index (κ2) is 6.53. The standard InChI is InChI=1S/C15H10Cl2N2S.C2H6/c16-14-13-9(18-15(17)19-14)6-7-11-12(13)8-4-2-1-3-5-10(8)20-11;1-2/h3,5-7H,1-2,4H2;1-2H3. The average Bonchev–Trinajstić information content (AvgIpc) is 2.71. The van der Waals surface area contributed by atoms with Gasteiger partial charge in [0.05, 0.1) is 5.52 Å². The van der Waals surface area contributed by atoms with Crippen molar-refractivity contribution in [2.24, 2.45) is 0 Å². The summed E-state index contributed by atoms with van der Waals surface area (Å²) in [5, 5.41) is 2.78. The van der Waals surface area contributed by atoms with Crippen LogP contribution in [-0.4, -0.2) is 9.97 Å². The molecule has 0 N–H and O–H groups in total. The van der Waals surface area contributed by atoms with E-state index in [-0.39, 0.29) is 5.28 Å². The van der Waals surface area contributed by atoms with Gasteiger partial charge < -0.3 is 0 Å². The summed E-state index contributed by atoms with van der Waals surface area (Å²) in [4.78, 5) is 9.73. The van der Waals surface area contributed by atoms with Crippen LogP contribution in [0.15, 0.2) is 18.2 Å². The lowest BCUT2D eigenvalue weighted by atomic mass is 10.0. The zero-order valence-corrected chi connectivity index (χ0v) is 14.8. The van der Waals surface area contributed by atoms with Crippen LogP contribution in [-0.2, 0) is 6.42 Å². The molecule has 1 aliphatic rings. The van der Waals surface area contributed by atoms with Crippen LogP contribution in [0.2, 0.25) is 10.4 Å². The minimum Gasteiger partial charge on any atom is -0.218 e. The number of thiophene rings is 1. The number of aromatic nitrogens is 2. The first-order chi connectivity index (χ1) is 10.7. The van der Waals surface area contributed by atoms with Gasteiger partial charge in [-0.3, -0.25) is 0 Å². The normalized spacial score (nSPS) is 13.6. The minimum absolute atomic E-state index is 0.197. The molecular formula is C17H16Cl2N2S. The first kappa shape index (κ1) is 15.7. The van der Waals surface area contributed by atoms with Crippen LogP contribution in [0.3, 0.4) is 0 Å². The molecule has 5 heteroatoms. The number of halogens is 2. The number of benzene rings is 1. The summed E-state index contributed by atoms with van der Waals surface area (Å²) in [5.41, 5.74) is 2.19. The van der Waals surface area contributed by atoms with Gasteiger partial charge in [0, 0.05) is 20.3 Å². The maximum Gasteiger partial charge on any atom is 0.224 e. The Morgan fingerprint density at radius 3 is 2.73 bits per heavy atom. The zero-order chi connectivity index (χ0) is 15.7. The molecule has 3 aromatic rings. The van der Waals surface area contributed by atoms with E-state index in [0.29, 0.717) is 5.15 Å². The molecule has 0 bridgehead atoms. The number of hydrogen-bond donors (Lipinski definition) is 0. The SMILES string of the molecule is CC.Clc1nc(Cl)c2c(ccc3sc4c(c32)CCCC=C4)n1. The van der Waals surface area contributed by atoms with Crippen LogP contribution in [0.25, 0.3) is 27.1 Å². The predicted molar refractivity (Wildman–Crippen MR) is 98.3 cm³/mol. The smallest absolute Gasteiger partial charge is 0.218 e. The third kappa shape index (κ3) is 2.62. The highest BCUT2D eigenvalue weighted by atomic mass is 35.5. The Morgan fingerprint density at radius 1 is 1.09 bits per heavy atom. The lowest BCUT2D eigenvalue weighted by Gasteiger charge is -2.05. The monoisotopic (exact) mass is 350 g/mol. The number of hydrogen-bond acceptors (Lipinski definition) is 3. The fourth-order valence-corrected chi connectivity index (χ4v) is 4.48. The van der Waals surface area contributed by atoms with Gasteiger partial charge in [0.1, 0.15) is 5.15 Å². The highest BCUT2D eigenvalue weighted by Crippen LogP contribution is 2.40. The van der Waals surface area contributed by atoms with Crippen LogP contribution >= 0.6 is 34.5 Å². The van der Waals surface area contributed by atoms with E-state index in [9.17, 15) is 0 Å². The molecule has 114 valence electrons. The fourth-order valence-electron chi connectivity index (χ4n) is 2.79. The van der Waals surface area contributed by atoms with Gasteiger partial charge in [-0.05, 0) is 54.6 Å². The highest BCUT2D eigenvalue weighted by Gasteiger charge is 2.17. The van der Waals surface area contributed by atoms with Crippen molar-refractivity contribution >= 4 is 61.6 Å². The summed E-state index contributed by atoms with van der Waals surface area (Å²) < 4.78 is 1.24. The van der Waals surface area contributed by atoms with E-state index in [0.717, 1.165) is 30.2 Å². The lowest BCUT2D eigenvalue weighted by Crippen LogP contribution is -1.90. The van der Waals surface area contributed by atoms with Gasteiger partial charge in [-0.2, -0.15) is 0 Å². The van der Waals surface area contributed by atoms with Crippen molar-refractivity contribution in [1.29, 1.82) is 0 Å². The quantitative estimate of drug-likeness (QED) is 0.340. The topological polar surface area (TPSA) is 25.8 Å². The molecule has 0 radical (unpaired) electrons. The van der Waals surface area contributed by atoms with E-state index >= 15 is 0 Å². The van der Waals surface area contributed by atoms with E-state index in [2.05, 4.69) is 28.2 Å². The van der Waals surface area contributed by atoms with Gasteiger partial charge in [0.15, 0.2) is 0 Å². The van der Waals surface area contributed by atoms with Crippen LogP contribution in [0.1, 0.15) is 37.1 Å². The van der Waals surface area contributed by atoms with Gasteiger partial charge >= 0.3 is 0 Å². The van der Waals surface area contributed by atoms with E-state index < -0.39 is 0 Å². The first-order valence-corrected chi connectivity index (χ1v) is 9.05. The molecule has 1 aromatic carbocycles. The molecule has 2 heterocycles. The number of allylic oxidation sites excluding steroid dienone is 1. The Kier molecular flexibility index (Phi) is 4.67. The van der Waals surface area contributed by atoms with Gasteiger partial charge in [-0.25, -0.2) is 9.97 Å². The van der Waals surface area contributed by atoms with E-state index in [1.54, 1.807) is 11.3 Å². The van der Waals surface area contributed by atoms with Gasteiger partial charge in [-0.1, -0.05) is 31.5 Å². The minimum atomic E-state index is 0.197. The number of nitrogens with zero attached hydrogens (tertiary/aromatic N) is 2. The summed E-state index contributed by atoms with van der Waals surface area (Å²) in [6.07, 6.45) is 7.84. The molecule has 1 aliphatic carbocycles. The van der Waals surface area contributed by atoms with E-state index in [1.165, 1.54) is 20.5 Å². The third-order valence-electron chi connectivity index (χ3n) is 3.64. The van der Waals surface area contributed by atoms with Crippen molar-refractivity contribution in [2.75, 3.05) is 0 Å². The maximum absolute atomic E-state index is 6.33. The second-order valence-electron chi connectivity index (χ2n) is 4.86. The summed E-state index contributed by atoms with van der Waals surface area (Å²) in [5.74, 6) is 0. The third-order valence-corrected chi connectivity index (χ3v) is 5.25. The van der Waals surface area contributed by atoms with Crippen LogP contribution in [0.4, 0.5) is 0 Å². The molecule has 0 saturated heterocycles. The van der Waals surface area contributed by atoms with Crippen LogP contribution in [0.5, 0.6) is 0 Å². The molecular weight excluding hydrogens is 335 g/mol.